The summed E-state index contributed by atoms with van der Waals surface area (Å²) in [4.78, 5) is 41.3. The second-order valence-corrected chi connectivity index (χ2v) is 11.1. The van der Waals surface area contributed by atoms with E-state index in [9.17, 15) is 19.6 Å². The summed E-state index contributed by atoms with van der Waals surface area (Å²) in [5, 5.41) is 15.4. The molecule has 1 aromatic carbocycles. The number of hydrogen-bond acceptors (Lipinski definition) is 6. The highest BCUT2D eigenvalue weighted by atomic mass is 32.2. The van der Waals surface area contributed by atoms with E-state index in [2.05, 4.69) is 16.6 Å². The van der Waals surface area contributed by atoms with Crippen molar-refractivity contribution in [2.75, 3.05) is 18.6 Å². The summed E-state index contributed by atoms with van der Waals surface area (Å²) in [5.74, 6) is 2.26. The highest BCUT2D eigenvalue weighted by Crippen LogP contribution is 2.25. The second kappa shape index (κ2) is 14.5. The predicted molar refractivity (Wildman–Crippen MR) is 146 cm³/mol. The molecule has 8 nitrogen and oxygen atoms in total. The van der Waals surface area contributed by atoms with Gasteiger partial charge in [-0.15, -0.1) is 6.42 Å². The lowest BCUT2D eigenvalue weighted by atomic mass is 9.94. The summed E-state index contributed by atoms with van der Waals surface area (Å²) in [5.41, 5.74) is 0.430. The van der Waals surface area contributed by atoms with Crippen LogP contribution in [0.5, 0.6) is 0 Å². The molecular weight excluding hydrogens is 488 g/mol. The number of benzene rings is 1. The number of nitriles is 1. The first kappa shape index (κ1) is 30.1. The molecule has 2 atom stereocenters. The monoisotopic (exact) mass is 526 g/mol. The van der Waals surface area contributed by atoms with Crippen LogP contribution in [0.1, 0.15) is 76.5 Å². The van der Waals surface area contributed by atoms with Crippen molar-refractivity contribution < 1.29 is 19.1 Å². The van der Waals surface area contributed by atoms with Crippen molar-refractivity contribution in [3.63, 3.8) is 0 Å². The molecule has 1 saturated carbocycles. The molecule has 0 spiro atoms. The Kier molecular flexibility index (Phi) is 11.8. The van der Waals surface area contributed by atoms with E-state index in [1.165, 1.54) is 16.7 Å². The van der Waals surface area contributed by atoms with Gasteiger partial charge in [0.2, 0.25) is 11.8 Å². The van der Waals surface area contributed by atoms with Gasteiger partial charge in [-0.25, -0.2) is 4.79 Å². The van der Waals surface area contributed by atoms with E-state index in [0.717, 1.165) is 32.1 Å². The van der Waals surface area contributed by atoms with E-state index >= 15 is 0 Å². The first-order valence-corrected chi connectivity index (χ1v) is 14.0. The highest BCUT2D eigenvalue weighted by Gasteiger charge is 2.37. The minimum atomic E-state index is -1.06. The lowest BCUT2D eigenvalue weighted by Gasteiger charge is -2.34. The zero-order valence-corrected chi connectivity index (χ0v) is 23.0. The van der Waals surface area contributed by atoms with Crippen LogP contribution in [-0.4, -0.2) is 59.0 Å². The summed E-state index contributed by atoms with van der Waals surface area (Å²) < 4.78 is 5.37. The average molecular weight is 527 g/mol. The fraction of sp³-hybridized carbons (Fsp3) is 0.571. The minimum absolute atomic E-state index is 0.0138. The molecule has 2 N–H and O–H groups in total. The topological polar surface area (TPSA) is 112 Å². The van der Waals surface area contributed by atoms with Gasteiger partial charge in [0.15, 0.2) is 0 Å². The van der Waals surface area contributed by atoms with Crippen LogP contribution >= 0.6 is 11.8 Å². The lowest BCUT2D eigenvalue weighted by Crippen LogP contribution is -2.54. The molecule has 2 unspecified atom stereocenters. The maximum absolute atomic E-state index is 13.9. The number of rotatable bonds is 10. The molecule has 1 aromatic rings. The maximum Gasteiger partial charge on any atom is 0.408 e. The molecule has 0 aliphatic heterocycles. The minimum Gasteiger partial charge on any atom is -0.444 e. The normalized spacial score (nSPS) is 15.4. The fourth-order valence-electron chi connectivity index (χ4n) is 4.28. The average Bonchev–Trinajstić information content (AvgIpc) is 2.85. The number of thioether (sulfide) groups is 1. The van der Waals surface area contributed by atoms with Gasteiger partial charge in [-0.05, 0) is 69.7 Å². The summed E-state index contributed by atoms with van der Waals surface area (Å²) >= 11 is 1.53. The molecule has 0 radical (unpaired) electrons. The van der Waals surface area contributed by atoms with Crippen molar-refractivity contribution in [2.24, 2.45) is 0 Å². The van der Waals surface area contributed by atoms with Crippen LogP contribution in [0.25, 0.3) is 0 Å². The van der Waals surface area contributed by atoms with Crippen LogP contribution in [-0.2, 0) is 14.3 Å². The van der Waals surface area contributed by atoms with Crippen molar-refractivity contribution in [2.45, 2.75) is 83.0 Å². The van der Waals surface area contributed by atoms with Gasteiger partial charge >= 0.3 is 6.09 Å². The molecule has 0 bridgehead atoms. The first-order chi connectivity index (χ1) is 17.6. The first-order valence-electron chi connectivity index (χ1n) is 12.6. The molecule has 3 amide bonds. The molecule has 0 saturated heterocycles. The molecular formula is C28H38N4O4S. The van der Waals surface area contributed by atoms with Gasteiger partial charge in [0.1, 0.15) is 24.2 Å². The quantitative estimate of drug-likeness (QED) is 0.350. The lowest BCUT2D eigenvalue weighted by molar-refractivity contribution is -0.142. The van der Waals surface area contributed by atoms with Gasteiger partial charge in [-0.1, -0.05) is 37.3 Å². The molecule has 0 aromatic heterocycles. The third-order valence-corrected chi connectivity index (χ3v) is 6.67. The van der Waals surface area contributed by atoms with Gasteiger partial charge in [0.25, 0.3) is 0 Å². The zero-order chi connectivity index (χ0) is 27.4. The van der Waals surface area contributed by atoms with E-state index in [0.29, 0.717) is 23.3 Å². The Labute approximate surface area is 224 Å². The number of terminal acetylenes is 1. The second-order valence-electron chi connectivity index (χ2n) is 10.1. The molecule has 1 fully saturated rings. The van der Waals surface area contributed by atoms with Crippen molar-refractivity contribution in [3.8, 4) is 18.4 Å². The van der Waals surface area contributed by atoms with E-state index in [-0.39, 0.29) is 18.5 Å². The van der Waals surface area contributed by atoms with E-state index in [1.807, 2.05) is 12.3 Å². The maximum atomic E-state index is 13.9. The summed E-state index contributed by atoms with van der Waals surface area (Å²) in [6, 6.07) is 6.83. The van der Waals surface area contributed by atoms with Crippen LogP contribution in [0.2, 0.25) is 0 Å². The van der Waals surface area contributed by atoms with Crippen molar-refractivity contribution in [3.05, 3.63) is 35.4 Å². The third-order valence-electron chi connectivity index (χ3n) is 6.03. The van der Waals surface area contributed by atoms with Gasteiger partial charge in [-0.3, -0.25) is 9.59 Å². The van der Waals surface area contributed by atoms with E-state index in [4.69, 9.17) is 11.2 Å². The van der Waals surface area contributed by atoms with Crippen LogP contribution in [0, 0.1) is 23.7 Å². The molecule has 9 heteroatoms. The number of hydrogen-bond donors (Lipinski definition) is 2. The molecule has 0 heterocycles. The van der Waals surface area contributed by atoms with E-state index in [1.54, 1.807) is 45.0 Å². The van der Waals surface area contributed by atoms with Gasteiger partial charge in [0.05, 0.1) is 6.07 Å². The van der Waals surface area contributed by atoms with Crippen LogP contribution in [0.3, 0.4) is 0 Å². The van der Waals surface area contributed by atoms with Crippen LogP contribution in [0.15, 0.2) is 24.3 Å². The molecule has 200 valence electrons. The number of nitrogens with zero attached hydrogens (tertiary/aromatic N) is 2. The van der Waals surface area contributed by atoms with E-state index < -0.39 is 29.7 Å². The van der Waals surface area contributed by atoms with Crippen LogP contribution in [0.4, 0.5) is 4.79 Å². The van der Waals surface area contributed by atoms with Crippen molar-refractivity contribution in [1.82, 2.24) is 15.5 Å². The Morgan fingerprint density at radius 1 is 1.19 bits per heavy atom. The fourth-order valence-corrected chi connectivity index (χ4v) is 4.75. The summed E-state index contributed by atoms with van der Waals surface area (Å²) in [6.07, 6.45) is 11.9. The Bertz CT molecular complexity index is 1000. The zero-order valence-electron chi connectivity index (χ0n) is 22.2. The standard InChI is InChI=1S/C28H38N4O4S/c1-6-20-12-14-21(15-13-20)24(25(33)30-22-10-8-7-9-11-22)32(18-17-29)26(34)23(16-19-37-5)31-27(35)36-28(2,3)4/h1,12-15,22-24H,7-11,16,18-19H2,2-5H3,(H,30,33)(H,31,35). The number of nitrogens with one attached hydrogen (secondary N) is 2. The number of carbonyl (C=O) groups is 3. The van der Waals surface area contributed by atoms with Crippen molar-refractivity contribution in [1.29, 1.82) is 5.26 Å². The largest absolute Gasteiger partial charge is 0.444 e. The highest BCUT2D eigenvalue weighted by molar-refractivity contribution is 7.98. The number of carbonyl (C=O) groups excluding carboxylic acids is 3. The third kappa shape index (κ3) is 9.66. The van der Waals surface area contributed by atoms with Gasteiger partial charge < -0.3 is 20.3 Å². The SMILES string of the molecule is C#Cc1ccc(C(C(=O)NC2CCCCC2)N(CC#N)C(=O)C(CCSC)NC(=O)OC(C)(C)C)cc1. The smallest absolute Gasteiger partial charge is 0.408 e. The number of alkyl carbamates (subject to hydrolysis) is 1. The molecule has 1 aliphatic rings. The Balaban J connectivity index is 2.42. The Morgan fingerprint density at radius 3 is 2.38 bits per heavy atom. The van der Waals surface area contributed by atoms with Crippen LogP contribution < -0.4 is 10.6 Å². The number of amides is 3. The summed E-state index contributed by atoms with van der Waals surface area (Å²) in [6.45, 7) is 4.88. The molecule has 1 aliphatic carbocycles. The molecule has 2 rings (SSSR count). The Morgan fingerprint density at radius 2 is 1.84 bits per heavy atom. The van der Waals surface area contributed by atoms with Crippen molar-refractivity contribution >= 4 is 29.7 Å². The van der Waals surface area contributed by atoms with Gasteiger partial charge in [0, 0.05) is 11.6 Å². The summed E-state index contributed by atoms with van der Waals surface area (Å²) in [7, 11) is 0. The van der Waals surface area contributed by atoms with Gasteiger partial charge in [-0.2, -0.15) is 17.0 Å². The molecule has 37 heavy (non-hydrogen) atoms. The number of ether oxygens (including phenoxy) is 1. The Hall–Kier alpha value is -3.17. The predicted octanol–water partition coefficient (Wildman–Crippen LogP) is 4.16.